The molecule has 0 spiro atoms. The second-order valence-electron chi connectivity index (χ2n) is 6.79. The van der Waals surface area contributed by atoms with Crippen LogP contribution in [0.25, 0.3) is 11.3 Å². The zero-order chi connectivity index (χ0) is 18.6. The fraction of sp³-hybridized carbons (Fsp3) is 0.333. The van der Waals surface area contributed by atoms with E-state index in [9.17, 15) is 14.7 Å². The summed E-state index contributed by atoms with van der Waals surface area (Å²) < 4.78 is 1.42. The molecule has 132 valence electrons. The number of nitrogens with one attached hydrogen (secondary N) is 1. The lowest BCUT2D eigenvalue weighted by Gasteiger charge is -2.15. The van der Waals surface area contributed by atoms with Crippen molar-refractivity contribution in [3.05, 3.63) is 48.4 Å². The maximum atomic E-state index is 12.5. The molecule has 7 heteroatoms. The first kappa shape index (κ1) is 18.4. The Labute approximate surface area is 146 Å². The number of carboxylic acids is 1. The topological polar surface area (TPSA) is 97.1 Å². The number of hydrogen-bond acceptors (Lipinski definition) is 4. The highest BCUT2D eigenvalue weighted by atomic mass is 16.4. The van der Waals surface area contributed by atoms with Gasteiger partial charge in [-0.15, -0.1) is 0 Å². The van der Waals surface area contributed by atoms with Crippen LogP contribution in [-0.4, -0.2) is 37.8 Å². The largest absolute Gasteiger partial charge is 0.479 e. The van der Waals surface area contributed by atoms with Crippen LogP contribution in [0.15, 0.2) is 42.7 Å². The van der Waals surface area contributed by atoms with Crippen molar-refractivity contribution >= 4 is 11.9 Å². The summed E-state index contributed by atoms with van der Waals surface area (Å²) in [5.41, 5.74) is 1.46. The molecule has 0 saturated carbocycles. The average Bonchev–Trinajstić information content (AvgIpc) is 2.93. The molecule has 0 bridgehead atoms. The molecule has 0 aliphatic heterocycles. The molecular formula is C18H22N4O3. The zero-order valence-corrected chi connectivity index (χ0v) is 14.7. The maximum absolute atomic E-state index is 12.5. The highest BCUT2D eigenvalue weighted by molar-refractivity contribution is 5.96. The van der Waals surface area contributed by atoms with Crippen molar-refractivity contribution in [2.45, 2.75) is 26.8 Å². The summed E-state index contributed by atoms with van der Waals surface area (Å²) in [6.07, 6.45) is 6.55. The van der Waals surface area contributed by atoms with E-state index < -0.39 is 17.9 Å². The molecule has 0 radical (unpaired) electrons. The lowest BCUT2D eigenvalue weighted by Crippen LogP contribution is -2.40. The first-order chi connectivity index (χ1) is 11.7. The first-order valence-electron chi connectivity index (χ1n) is 7.85. The van der Waals surface area contributed by atoms with Gasteiger partial charge in [-0.2, -0.15) is 5.10 Å². The maximum Gasteiger partial charge on any atom is 0.330 e. The molecule has 2 aromatic rings. The van der Waals surface area contributed by atoms with Gasteiger partial charge in [0.2, 0.25) is 0 Å². The molecule has 1 amide bonds. The fourth-order valence-corrected chi connectivity index (χ4v) is 2.13. The number of carbonyl (C=O) groups excluding carboxylic acids is 1. The van der Waals surface area contributed by atoms with Crippen LogP contribution in [0.4, 0.5) is 0 Å². The Morgan fingerprint density at radius 3 is 2.64 bits per heavy atom. The predicted octanol–water partition coefficient (Wildman–Crippen LogP) is 2.27. The van der Waals surface area contributed by atoms with E-state index in [-0.39, 0.29) is 11.1 Å². The Morgan fingerprint density at radius 2 is 2.08 bits per heavy atom. The predicted molar refractivity (Wildman–Crippen MR) is 93.9 cm³/mol. The number of carboxylic acid groups (broad SMARTS) is 1. The van der Waals surface area contributed by atoms with Crippen molar-refractivity contribution in [3.63, 3.8) is 0 Å². The van der Waals surface area contributed by atoms with Crippen LogP contribution in [0.2, 0.25) is 0 Å². The third kappa shape index (κ3) is 5.00. The van der Waals surface area contributed by atoms with Gasteiger partial charge in [0.15, 0.2) is 0 Å². The number of hydrogen-bond donors (Lipinski definition) is 2. The Balaban J connectivity index is 2.21. The van der Waals surface area contributed by atoms with E-state index in [1.165, 1.54) is 10.8 Å². The zero-order valence-electron chi connectivity index (χ0n) is 14.7. The van der Waals surface area contributed by atoms with E-state index >= 15 is 0 Å². The van der Waals surface area contributed by atoms with Crippen LogP contribution in [-0.2, 0) is 11.8 Å². The number of allylic oxidation sites excluding steroid dienone is 1. The van der Waals surface area contributed by atoms with Gasteiger partial charge in [-0.05, 0) is 23.6 Å². The number of amides is 1. The summed E-state index contributed by atoms with van der Waals surface area (Å²) in [5.74, 6) is -1.63. The number of aliphatic carboxylic acids is 1. The van der Waals surface area contributed by atoms with Crippen molar-refractivity contribution in [2.24, 2.45) is 12.5 Å². The molecule has 0 aromatic carbocycles. The number of aryl methyl sites for hydroxylation is 1. The van der Waals surface area contributed by atoms with E-state index in [4.69, 9.17) is 0 Å². The lowest BCUT2D eigenvalue weighted by atomic mass is 9.95. The molecule has 2 aromatic heterocycles. The van der Waals surface area contributed by atoms with Gasteiger partial charge >= 0.3 is 5.97 Å². The number of pyridine rings is 1. The summed E-state index contributed by atoms with van der Waals surface area (Å²) in [6.45, 7) is 5.85. The third-order valence-electron chi connectivity index (χ3n) is 3.41. The summed E-state index contributed by atoms with van der Waals surface area (Å²) >= 11 is 0. The summed E-state index contributed by atoms with van der Waals surface area (Å²) in [7, 11) is 1.63. The SMILES string of the molecule is Cn1nc(-c2cccnc2)cc1C(=O)N[C@H](/C=C/C(C)(C)C)C(=O)O. The second kappa shape index (κ2) is 7.29. The minimum absolute atomic E-state index is 0.182. The van der Waals surface area contributed by atoms with Gasteiger partial charge in [0.25, 0.3) is 5.91 Å². The first-order valence-corrected chi connectivity index (χ1v) is 7.85. The van der Waals surface area contributed by atoms with Crippen molar-refractivity contribution in [2.75, 3.05) is 0 Å². The van der Waals surface area contributed by atoms with Crippen molar-refractivity contribution in [1.29, 1.82) is 0 Å². The van der Waals surface area contributed by atoms with E-state index in [0.29, 0.717) is 5.69 Å². The molecule has 1 atom stereocenters. The average molecular weight is 342 g/mol. The molecule has 25 heavy (non-hydrogen) atoms. The lowest BCUT2D eigenvalue weighted by molar-refractivity contribution is -0.137. The van der Waals surface area contributed by atoms with Crippen LogP contribution >= 0.6 is 0 Å². The summed E-state index contributed by atoms with van der Waals surface area (Å²) in [6, 6.07) is 4.12. The molecule has 2 N–H and O–H groups in total. The quantitative estimate of drug-likeness (QED) is 0.813. The van der Waals surface area contributed by atoms with Crippen molar-refractivity contribution < 1.29 is 14.7 Å². The molecule has 0 aliphatic carbocycles. The Morgan fingerprint density at radius 1 is 1.36 bits per heavy atom. The Hall–Kier alpha value is -2.96. The highest BCUT2D eigenvalue weighted by Gasteiger charge is 2.21. The second-order valence-corrected chi connectivity index (χ2v) is 6.79. The minimum Gasteiger partial charge on any atom is -0.479 e. The summed E-state index contributed by atoms with van der Waals surface area (Å²) in [5, 5.41) is 16.1. The van der Waals surface area contributed by atoms with Crippen LogP contribution in [0, 0.1) is 5.41 Å². The molecule has 2 rings (SSSR count). The van der Waals surface area contributed by atoms with Gasteiger partial charge in [0.05, 0.1) is 5.69 Å². The van der Waals surface area contributed by atoms with Crippen molar-refractivity contribution in [3.8, 4) is 11.3 Å². The Kier molecular flexibility index (Phi) is 5.36. The van der Waals surface area contributed by atoms with Crippen LogP contribution in [0.5, 0.6) is 0 Å². The van der Waals surface area contributed by atoms with E-state index in [0.717, 1.165) is 5.56 Å². The van der Waals surface area contributed by atoms with Gasteiger partial charge in [-0.3, -0.25) is 14.5 Å². The smallest absolute Gasteiger partial charge is 0.330 e. The number of rotatable bonds is 5. The molecule has 0 saturated heterocycles. The number of aromatic nitrogens is 3. The molecule has 0 unspecified atom stereocenters. The molecule has 7 nitrogen and oxygen atoms in total. The third-order valence-corrected chi connectivity index (χ3v) is 3.41. The summed E-state index contributed by atoms with van der Waals surface area (Å²) in [4.78, 5) is 27.9. The molecular weight excluding hydrogens is 320 g/mol. The van der Waals surface area contributed by atoms with Gasteiger partial charge < -0.3 is 10.4 Å². The normalized spacial score (nSPS) is 13.0. The van der Waals surface area contributed by atoms with Gasteiger partial charge in [0, 0.05) is 25.0 Å². The van der Waals surface area contributed by atoms with E-state index in [1.807, 2.05) is 26.8 Å². The van der Waals surface area contributed by atoms with E-state index in [1.54, 1.807) is 37.7 Å². The molecule has 0 fully saturated rings. The minimum atomic E-state index is -1.12. The van der Waals surface area contributed by atoms with Crippen molar-refractivity contribution in [1.82, 2.24) is 20.1 Å². The standard InChI is InChI=1S/C18H22N4O3/c1-18(2,3)8-7-13(17(24)25)20-16(23)15-10-14(21-22(15)4)12-6-5-9-19-11-12/h5-11,13H,1-4H3,(H,20,23)(H,24,25)/b8-7+/t13-/m1/s1. The van der Waals surface area contributed by atoms with Crippen LogP contribution < -0.4 is 5.32 Å². The monoisotopic (exact) mass is 342 g/mol. The van der Waals surface area contributed by atoms with Crippen LogP contribution in [0.1, 0.15) is 31.3 Å². The van der Waals surface area contributed by atoms with E-state index in [2.05, 4.69) is 15.4 Å². The van der Waals surface area contributed by atoms with Gasteiger partial charge in [0.1, 0.15) is 11.7 Å². The number of nitrogens with zero attached hydrogens (tertiary/aromatic N) is 3. The fourth-order valence-electron chi connectivity index (χ4n) is 2.13. The van der Waals surface area contributed by atoms with Crippen LogP contribution in [0.3, 0.4) is 0 Å². The number of carbonyl (C=O) groups is 2. The highest BCUT2D eigenvalue weighted by Crippen LogP contribution is 2.18. The van der Waals surface area contributed by atoms with Gasteiger partial charge in [-0.25, -0.2) is 4.79 Å². The molecule has 2 heterocycles. The Bertz CT molecular complexity index is 788. The molecule has 0 aliphatic rings. The van der Waals surface area contributed by atoms with Gasteiger partial charge in [-0.1, -0.05) is 32.9 Å².